The van der Waals surface area contributed by atoms with Crippen LogP contribution in [0.1, 0.15) is 23.8 Å². The van der Waals surface area contributed by atoms with Crippen LogP contribution in [0.4, 0.5) is 0 Å². The van der Waals surface area contributed by atoms with E-state index < -0.39 is 0 Å². The topological polar surface area (TPSA) is 12.0 Å². The van der Waals surface area contributed by atoms with Gasteiger partial charge < -0.3 is 5.32 Å². The standard InChI is InChI=1S/C17H22ClNS2/c1-3-10-19-14(11-15-8-9-17(18)21-15)12-20-16-7-5-4-6-13(16)2/h4-9,14,19H,3,10-12H2,1-2H3. The summed E-state index contributed by atoms with van der Waals surface area (Å²) in [5.41, 5.74) is 1.36. The van der Waals surface area contributed by atoms with Gasteiger partial charge in [0.2, 0.25) is 0 Å². The number of rotatable bonds is 8. The first-order valence-corrected chi connectivity index (χ1v) is 9.53. The molecule has 1 heterocycles. The van der Waals surface area contributed by atoms with E-state index in [1.54, 1.807) is 11.3 Å². The SMILES string of the molecule is CCCNC(CSc1ccccc1C)Cc1ccc(Cl)s1. The average molecular weight is 340 g/mol. The van der Waals surface area contributed by atoms with Crippen molar-refractivity contribution in [2.24, 2.45) is 0 Å². The quantitative estimate of drug-likeness (QED) is 0.645. The molecular formula is C17H22ClNS2. The molecule has 0 aliphatic rings. The highest BCUT2D eigenvalue weighted by molar-refractivity contribution is 7.99. The third-order valence-corrected chi connectivity index (χ3v) is 5.88. The fourth-order valence-corrected chi connectivity index (χ4v) is 4.41. The van der Waals surface area contributed by atoms with Crippen molar-refractivity contribution in [1.82, 2.24) is 5.32 Å². The molecule has 21 heavy (non-hydrogen) atoms. The summed E-state index contributed by atoms with van der Waals surface area (Å²) in [6.45, 7) is 5.45. The molecule has 114 valence electrons. The van der Waals surface area contributed by atoms with Crippen LogP contribution in [0.3, 0.4) is 0 Å². The van der Waals surface area contributed by atoms with Gasteiger partial charge in [0.1, 0.15) is 0 Å². The van der Waals surface area contributed by atoms with Gasteiger partial charge in [0.25, 0.3) is 0 Å². The van der Waals surface area contributed by atoms with Crippen molar-refractivity contribution in [2.45, 2.75) is 37.6 Å². The van der Waals surface area contributed by atoms with E-state index in [9.17, 15) is 0 Å². The molecule has 0 spiro atoms. The molecule has 0 radical (unpaired) electrons. The number of hydrogen-bond donors (Lipinski definition) is 1. The van der Waals surface area contributed by atoms with Crippen LogP contribution in [0, 0.1) is 6.92 Å². The number of thioether (sulfide) groups is 1. The van der Waals surface area contributed by atoms with Crippen molar-refractivity contribution in [3.8, 4) is 0 Å². The lowest BCUT2D eigenvalue weighted by molar-refractivity contribution is 0.553. The molecule has 0 amide bonds. The Hall–Kier alpha value is -0.480. The van der Waals surface area contributed by atoms with E-state index in [1.807, 2.05) is 17.8 Å². The minimum Gasteiger partial charge on any atom is -0.313 e. The molecule has 0 aliphatic heterocycles. The fraction of sp³-hybridized carbons (Fsp3) is 0.412. The summed E-state index contributed by atoms with van der Waals surface area (Å²) in [4.78, 5) is 2.74. The Bertz CT molecular complexity index is 553. The van der Waals surface area contributed by atoms with Crippen molar-refractivity contribution in [2.75, 3.05) is 12.3 Å². The van der Waals surface area contributed by atoms with E-state index in [2.05, 4.69) is 49.5 Å². The van der Waals surface area contributed by atoms with E-state index in [1.165, 1.54) is 15.3 Å². The molecule has 1 atom stereocenters. The third kappa shape index (κ3) is 5.67. The minimum absolute atomic E-state index is 0.490. The number of halogens is 1. The van der Waals surface area contributed by atoms with Gasteiger partial charge in [-0.3, -0.25) is 0 Å². The van der Waals surface area contributed by atoms with Gasteiger partial charge in [-0.05, 0) is 50.1 Å². The molecule has 2 aromatic rings. The lowest BCUT2D eigenvalue weighted by Crippen LogP contribution is -2.33. The maximum absolute atomic E-state index is 6.03. The first kappa shape index (κ1) is 16.9. The zero-order chi connectivity index (χ0) is 15.1. The predicted octanol–water partition coefficient (Wildman–Crippen LogP) is 5.41. The van der Waals surface area contributed by atoms with Crippen LogP contribution in [0.5, 0.6) is 0 Å². The molecule has 0 aliphatic carbocycles. The Morgan fingerprint density at radius 3 is 2.71 bits per heavy atom. The molecule has 1 N–H and O–H groups in total. The molecule has 1 unspecified atom stereocenters. The van der Waals surface area contributed by atoms with Crippen molar-refractivity contribution >= 4 is 34.7 Å². The normalized spacial score (nSPS) is 12.5. The lowest BCUT2D eigenvalue weighted by atomic mass is 10.2. The van der Waals surface area contributed by atoms with E-state index in [0.29, 0.717) is 6.04 Å². The number of thiophene rings is 1. The second-order valence-corrected chi connectivity index (χ2v) is 8.00. The van der Waals surface area contributed by atoms with Crippen molar-refractivity contribution < 1.29 is 0 Å². The largest absolute Gasteiger partial charge is 0.313 e. The zero-order valence-electron chi connectivity index (χ0n) is 12.6. The monoisotopic (exact) mass is 339 g/mol. The first-order chi connectivity index (χ1) is 10.2. The Kier molecular flexibility index (Phi) is 7.11. The van der Waals surface area contributed by atoms with Gasteiger partial charge in [-0.15, -0.1) is 23.1 Å². The van der Waals surface area contributed by atoms with E-state index in [-0.39, 0.29) is 0 Å². The van der Waals surface area contributed by atoms with Gasteiger partial charge in [-0.2, -0.15) is 0 Å². The molecule has 1 nitrogen and oxygen atoms in total. The summed E-state index contributed by atoms with van der Waals surface area (Å²) in [6, 6.07) is 13.2. The average Bonchev–Trinajstić information content (AvgIpc) is 2.88. The van der Waals surface area contributed by atoms with Gasteiger partial charge in [0.05, 0.1) is 4.34 Å². The highest BCUT2D eigenvalue weighted by Gasteiger charge is 2.11. The first-order valence-electron chi connectivity index (χ1n) is 7.35. The number of aryl methyl sites for hydroxylation is 1. The smallest absolute Gasteiger partial charge is 0.0931 e. The van der Waals surface area contributed by atoms with Crippen LogP contribution in [0.25, 0.3) is 0 Å². The van der Waals surface area contributed by atoms with Gasteiger partial charge >= 0.3 is 0 Å². The Labute approximate surface area is 141 Å². The van der Waals surface area contributed by atoms with E-state index >= 15 is 0 Å². The van der Waals surface area contributed by atoms with Crippen molar-refractivity contribution in [1.29, 1.82) is 0 Å². The highest BCUT2D eigenvalue weighted by Crippen LogP contribution is 2.26. The van der Waals surface area contributed by atoms with Crippen LogP contribution in [0.2, 0.25) is 4.34 Å². The maximum Gasteiger partial charge on any atom is 0.0931 e. The van der Waals surface area contributed by atoms with Gasteiger partial charge in [-0.1, -0.05) is 36.7 Å². The summed E-state index contributed by atoms with van der Waals surface area (Å²) in [5, 5.41) is 3.66. The fourth-order valence-electron chi connectivity index (χ4n) is 2.15. The van der Waals surface area contributed by atoms with Crippen LogP contribution in [0.15, 0.2) is 41.3 Å². The van der Waals surface area contributed by atoms with Gasteiger partial charge in [0.15, 0.2) is 0 Å². The van der Waals surface area contributed by atoms with Gasteiger partial charge in [-0.25, -0.2) is 0 Å². The molecule has 4 heteroatoms. The minimum atomic E-state index is 0.490. The van der Waals surface area contributed by atoms with Crippen LogP contribution < -0.4 is 5.32 Å². The third-order valence-electron chi connectivity index (χ3n) is 3.29. The van der Waals surface area contributed by atoms with Crippen LogP contribution in [-0.4, -0.2) is 18.3 Å². The molecule has 1 aromatic heterocycles. The summed E-state index contributed by atoms with van der Waals surface area (Å²) >= 11 is 9.67. The van der Waals surface area contributed by atoms with Gasteiger partial charge in [0, 0.05) is 21.6 Å². The molecule has 2 rings (SSSR count). The molecule has 0 saturated carbocycles. The summed E-state index contributed by atoms with van der Waals surface area (Å²) in [7, 11) is 0. The zero-order valence-corrected chi connectivity index (χ0v) is 15.0. The summed E-state index contributed by atoms with van der Waals surface area (Å²) in [6.07, 6.45) is 2.22. The number of nitrogens with one attached hydrogen (secondary N) is 1. The Morgan fingerprint density at radius 2 is 2.05 bits per heavy atom. The molecular weight excluding hydrogens is 318 g/mol. The van der Waals surface area contributed by atoms with Crippen molar-refractivity contribution in [3.63, 3.8) is 0 Å². The molecule has 1 aromatic carbocycles. The number of benzene rings is 1. The Balaban J connectivity index is 1.94. The summed E-state index contributed by atoms with van der Waals surface area (Å²) < 4.78 is 0.880. The van der Waals surface area contributed by atoms with Crippen LogP contribution >= 0.6 is 34.7 Å². The molecule has 0 saturated heterocycles. The van der Waals surface area contributed by atoms with Crippen LogP contribution in [-0.2, 0) is 6.42 Å². The number of hydrogen-bond acceptors (Lipinski definition) is 3. The second kappa shape index (κ2) is 8.84. The molecule has 0 fully saturated rings. The Morgan fingerprint density at radius 1 is 1.24 bits per heavy atom. The lowest BCUT2D eigenvalue weighted by Gasteiger charge is -2.18. The van der Waals surface area contributed by atoms with E-state index in [0.717, 1.165) is 29.5 Å². The van der Waals surface area contributed by atoms with E-state index in [4.69, 9.17) is 11.6 Å². The molecule has 0 bridgehead atoms. The highest BCUT2D eigenvalue weighted by atomic mass is 35.5. The second-order valence-electron chi connectivity index (χ2n) is 5.14. The summed E-state index contributed by atoms with van der Waals surface area (Å²) in [5.74, 6) is 1.08. The predicted molar refractivity (Wildman–Crippen MR) is 97.0 cm³/mol. The van der Waals surface area contributed by atoms with Crippen molar-refractivity contribution in [3.05, 3.63) is 51.2 Å². The maximum atomic E-state index is 6.03.